The Morgan fingerprint density at radius 3 is 2.31 bits per heavy atom. The number of alkyl halides is 6. The number of nitrogens with one attached hydrogen (secondary N) is 1. The van der Waals surface area contributed by atoms with Crippen LogP contribution in [0.3, 0.4) is 0 Å². The monoisotopic (exact) mass is 665 g/mol. The Kier molecular flexibility index (Phi) is 9.15. The second kappa shape index (κ2) is 12.1. The highest BCUT2D eigenvalue weighted by atomic mass is 32.2. The third kappa shape index (κ3) is 7.56. The lowest BCUT2D eigenvalue weighted by Crippen LogP contribution is -2.31. The minimum absolute atomic E-state index is 0.0527. The first-order valence-electron chi connectivity index (χ1n) is 11.6. The van der Waals surface area contributed by atoms with Gasteiger partial charge in [0.2, 0.25) is 5.91 Å². The molecule has 222 valence electrons. The van der Waals surface area contributed by atoms with E-state index in [1.165, 1.54) is 22.4 Å². The number of carboxylic acid groups (broad SMARTS) is 1. The maximum absolute atomic E-state index is 13.2. The number of thiophene rings is 1. The summed E-state index contributed by atoms with van der Waals surface area (Å²) in [6, 6.07) is 2.68. The molecule has 2 N–H and O–H groups in total. The summed E-state index contributed by atoms with van der Waals surface area (Å²) in [5.74, 6) is -2.06. The van der Waals surface area contributed by atoms with Crippen LogP contribution in [-0.2, 0) is 33.2 Å². The Hall–Kier alpha value is -3.28. The number of thiazole rings is 1. The summed E-state index contributed by atoms with van der Waals surface area (Å²) in [5.41, 5.74) is -2.71. The molecule has 1 aliphatic heterocycles. The summed E-state index contributed by atoms with van der Waals surface area (Å²) < 4.78 is 79.6. The molecule has 0 aliphatic carbocycles. The minimum atomic E-state index is -4.98. The third-order valence-corrected chi connectivity index (χ3v) is 8.89. The van der Waals surface area contributed by atoms with Crippen LogP contribution in [0, 0.1) is 6.92 Å². The molecule has 3 heterocycles. The smallest absolute Gasteiger partial charge is 0.416 e. The molecule has 17 heteroatoms. The van der Waals surface area contributed by atoms with Crippen molar-refractivity contribution in [1.29, 1.82) is 0 Å². The van der Waals surface area contributed by atoms with E-state index in [-0.39, 0.29) is 50.9 Å². The van der Waals surface area contributed by atoms with Gasteiger partial charge in [-0.25, -0.2) is 4.98 Å². The van der Waals surface area contributed by atoms with E-state index < -0.39 is 41.3 Å². The molecule has 42 heavy (non-hydrogen) atoms. The number of carbonyl (C=O) groups excluding carboxylic acids is 2. The van der Waals surface area contributed by atoms with Crippen LogP contribution in [0.4, 0.5) is 31.5 Å². The van der Waals surface area contributed by atoms with Gasteiger partial charge in [0.25, 0.3) is 5.91 Å². The van der Waals surface area contributed by atoms with Gasteiger partial charge in [-0.1, -0.05) is 24.0 Å². The van der Waals surface area contributed by atoms with Crippen molar-refractivity contribution in [1.82, 2.24) is 9.88 Å². The number of aromatic nitrogens is 1. The van der Waals surface area contributed by atoms with E-state index in [9.17, 15) is 40.7 Å². The van der Waals surface area contributed by atoms with E-state index in [0.717, 1.165) is 34.4 Å². The van der Waals surface area contributed by atoms with E-state index in [1.54, 1.807) is 6.92 Å². The molecule has 1 aliphatic rings. The third-order valence-electron chi connectivity index (χ3n) is 5.71. The zero-order valence-corrected chi connectivity index (χ0v) is 24.3. The first-order valence-corrected chi connectivity index (χ1v) is 14.5. The van der Waals surface area contributed by atoms with Gasteiger partial charge >= 0.3 is 18.3 Å². The number of thioether (sulfide) groups is 1. The number of aryl methyl sites for hydroxylation is 1. The highest BCUT2D eigenvalue weighted by Gasteiger charge is 2.37. The Morgan fingerprint density at radius 1 is 1.07 bits per heavy atom. The molecule has 0 unspecified atom stereocenters. The van der Waals surface area contributed by atoms with Gasteiger partial charge in [-0.3, -0.25) is 19.3 Å². The van der Waals surface area contributed by atoms with Gasteiger partial charge in [-0.05, 0) is 53.8 Å². The summed E-state index contributed by atoms with van der Waals surface area (Å²) in [6.45, 7) is 1.61. The van der Waals surface area contributed by atoms with Crippen LogP contribution in [0.1, 0.15) is 33.0 Å². The Bertz CT molecular complexity index is 1580. The standard InChI is InChI=1S/C25H17F6N3O4S4/c1-11-17(9-20(36)37)32-22(41-11)33-19(35)2-3-34-21(38)18(42-23(34)39)8-16-6-13(10-40-16)12-4-14(24(26,27)28)7-15(5-12)25(29,30)31/h4-8,10H,2-3,9H2,1H3,(H,36,37)(H,32,33,35). The van der Waals surface area contributed by atoms with E-state index in [4.69, 9.17) is 17.3 Å². The van der Waals surface area contributed by atoms with Crippen molar-refractivity contribution in [2.45, 2.75) is 32.1 Å². The van der Waals surface area contributed by atoms with Crippen molar-refractivity contribution < 1.29 is 45.8 Å². The van der Waals surface area contributed by atoms with Crippen LogP contribution in [-0.4, -0.2) is 43.6 Å². The molecule has 3 aromatic rings. The molecule has 0 saturated carbocycles. The molecule has 0 atom stereocenters. The summed E-state index contributed by atoms with van der Waals surface area (Å²) in [7, 11) is 0. The predicted octanol–water partition coefficient (Wildman–Crippen LogP) is 7.07. The zero-order valence-electron chi connectivity index (χ0n) is 21.1. The molecular formula is C25H17F6N3O4S4. The number of halogens is 6. The Balaban J connectivity index is 1.44. The Morgan fingerprint density at radius 2 is 1.71 bits per heavy atom. The highest BCUT2D eigenvalue weighted by molar-refractivity contribution is 8.26. The fourth-order valence-electron chi connectivity index (χ4n) is 3.71. The molecule has 7 nitrogen and oxygen atoms in total. The average Bonchev–Trinajstić information content (AvgIpc) is 3.54. The summed E-state index contributed by atoms with van der Waals surface area (Å²) in [6.07, 6.45) is -8.98. The average molecular weight is 666 g/mol. The van der Waals surface area contributed by atoms with E-state index in [0.29, 0.717) is 27.6 Å². The van der Waals surface area contributed by atoms with Gasteiger partial charge in [0.1, 0.15) is 4.32 Å². The van der Waals surface area contributed by atoms with Crippen molar-refractivity contribution >= 4 is 80.0 Å². The van der Waals surface area contributed by atoms with Crippen molar-refractivity contribution in [2.75, 3.05) is 11.9 Å². The van der Waals surface area contributed by atoms with Gasteiger partial charge < -0.3 is 10.4 Å². The zero-order chi connectivity index (χ0) is 31.0. The topological polar surface area (TPSA) is 99.6 Å². The SMILES string of the molecule is Cc1sc(NC(=O)CCN2C(=O)C(=Cc3cc(-c4cc(C(F)(F)F)cc(C(F)(F)F)c4)cs3)SC2=S)nc1CC(=O)O. The number of aliphatic carboxylic acids is 1. The van der Waals surface area contributed by atoms with Crippen LogP contribution < -0.4 is 5.32 Å². The van der Waals surface area contributed by atoms with Gasteiger partial charge in [0.05, 0.1) is 28.1 Å². The van der Waals surface area contributed by atoms with Crippen LogP contribution in [0.5, 0.6) is 0 Å². The molecule has 2 amide bonds. The maximum Gasteiger partial charge on any atom is 0.416 e. The number of amides is 2. The highest BCUT2D eigenvalue weighted by Crippen LogP contribution is 2.40. The first kappa shape index (κ1) is 31.7. The number of nitrogens with zero attached hydrogens (tertiary/aromatic N) is 2. The minimum Gasteiger partial charge on any atom is -0.481 e. The van der Waals surface area contributed by atoms with E-state index >= 15 is 0 Å². The van der Waals surface area contributed by atoms with Gasteiger partial charge in [-0.15, -0.1) is 22.7 Å². The number of hydrogen-bond donors (Lipinski definition) is 2. The lowest BCUT2D eigenvalue weighted by molar-refractivity contribution is -0.143. The maximum atomic E-state index is 13.2. The van der Waals surface area contributed by atoms with Crippen LogP contribution in [0.25, 0.3) is 17.2 Å². The van der Waals surface area contributed by atoms with Crippen LogP contribution in [0.15, 0.2) is 34.6 Å². The second-order valence-electron chi connectivity index (χ2n) is 8.76. The van der Waals surface area contributed by atoms with Gasteiger partial charge in [-0.2, -0.15) is 26.3 Å². The molecule has 0 radical (unpaired) electrons. The lowest BCUT2D eigenvalue weighted by atomic mass is 10.0. The number of thiocarbonyl (C=S) groups is 1. The molecular weight excluding hydrogens is 649 g/mol. The van der Waals surface area contributed by atoms with E-state index in [1.807, 2.05) is 0 Å². The summed E-state index contributed by atoms with van der Waals surface area (Å²) in [4.78, 5) is 42.7. The number of hydrogen-bond acceptors (Lipinski definition) is 8. The summed E-state index contributed by atoms with van der Waals surface area (Å²) in [5, 5.41) is 13.1. The number of carbonyl (C=O) groups is 3. The molecule has 1 aromatic carbocycles. The number of anilines is 1. The van der Waals surface area contributed by atoms with Crippen LogP contribution >= 0.6 is 46.7 Å². The fraction of sp³-hybridized carbons (Fsp3) is 0.240. The van der Waals surface area contributed by atoms with Crippen molar-refractivity contribution in [3.8, 4) is 11.1 Å². The molecule has 2 aromatic heterocycles. The first-order chi connectivity index (χ1) is 19.5. The van der Waals surface area contributed by atoms with Crippen molar-refractivity contribution in [3.63, 3.8) is 0 Å². The Labute approximate surface area is 251 Å². The molecule has 1 fully saturated rings. The second-order valence-corrected chi connectivity index (χ2v) is 12.6. The molecule has 0 bridgehead atoms. The predicted molar refractivity (Wildman–Crippen MR) is 151 cm³/mol. The number of benzene rings is 1. The molecule has 4 rings (SSSR count). The van der Waals surface area contributed by atoms with Crippen LogP contribution in [0.2, 0.25) is 0 Å². The van der Waals surface area contributed by atoms with Crippen molar-refractivity contribution in [3.05, 3.63) is 61.1 Å². The lowest BCUT2D eigenvalue weighted by Gasteiger charge is -2.13. The van der Waals surface area contributed by atoms with Gasteiger partial charge in [0, 0.05) is 22.7 Å². The molecule has 1 saturated heterocycles. The fourth-order valence-corrected chi connectivity index (χ4v) is 6.78. The van der Waals surface area contributed by atoms with Crippen molar-refractivity contribution in [2.24, 2.45) is 0 Å². The van der Waals surface area contributed by atoms with E-state index in [2.05, 4.69) is 10.3 Å². The normalized spacial score (nSPS) is 15.1. The van der Waals surface area contributed by atoms with Gasteiger partial charge in [0.15, 0.2) is 5.13 Å². The number of carboxylic acids is 1. The number of rotatable bonds is 8. The summed E-state index contributed by atoms with van der Waals surface area (Å²) >= 11 is 8.32. The largest absolute Gasteiger partial charge is 0.481 e. The quantitative estimate of drug-likeness (QED) is 0.151. The molecule has 0 spiro atoms.